The first-order valence-electron chi connectivity index (χ1n) is 7.79. The Morgan fingerprint density at radius 1 is 1.23 bits per heavy atom. The highest BCUT2D eigenvalue weighted by molar-refractivity contribution is 9.10. The highest BCUT2D eigenvalue weighted by Gasteiger charge is 2.22. The van der Waals surface area contributed by atoms with Gasteiger partial charge in [-0.2, -0.15) is 0 Å². The zero-order valence-electron chi connectivity index (χ0n) is 14.1. The normalized spacial score (nSPS) is 12.9. The number of rotatable bonds is 7. The van der Waals surface area contributed by atoms with E-state index < -0.39 is 18.3 Å². The van der Waals surface area contributed by atoms with Gasteiger partial charge in [-0.25, -0.2) is 4.79 Å². The first-order valence-corrected chi connectivity index (χ1v) is 8.58. The van der Waals surface area contributed by atoms with Gasteiger partial charge in [0.2, 0.25) is 0 Å². The summed E-state index contributed by atoms with van der Waals surface area (Å²) < 4.78 is 10.4. The lowest BCUT2D eigenvalue weighted by molar-refractivity contribution is 0.0182. The minimum atomic E-state index is -1.30. The van der Waals surface area contributed by atoms with Crippen LogP contribution in [0.3, 0.4) is 0 Å². The maximum Gasteiger partial charge on any atom is 0.407 e. The Morgan fingerprint density at radius 2 is 1.92 bits per heavy atom. The van der Waals surface area contributed by atoms with Crippen LogP contribution in [-0.4, -0.2) is 41.2 Å². The molecule has 2 aromatic carbocycles. The Labute approximate surface area is 159 Å². The highest BCUT2D eigenvalue weighted by Crippen LogP contribution is 2.37. The van der Waals surface area contributed by atoms with E-state index in [0.29, 0.717) is 10.0 Å². The summed E-state index contributed by atoms with van der Waals surface area (Å²) in [5.74, 6) is 0.0383. The number of phenolic OH excluding ortho intramolecular Hbond substituents is 1. The summed E-state index contributed by atoms with van der Waals surface area (Å²) in [6.45, 7) is -0.108. The fraction of sp³-hybridized carbons (Fsp3) is 0.278. The van der Waals surface area contributed by atoms with Crippen molar-refractivity contribution in [2.45, 2.75) is 18.8 Å². The van der Waals surface area contributed by atoms with Crippen molar-refractivity contribution >= 4 is 22.0 Å². The SMILES string of the molecule is COc1cc(C(O)C(O)CNC(=O)OCc2ccccc2)cc(Br)c1O. The minimum absolute atomic E-state index is 0.105. The molecular formula is C18H20BrNO6. The number of nitrogens with one attached hydrogen (secondary N) is 1. The van der Waals surface area contributed by atoms with Gasteiger partial charge in [-0.1, -0.05) is 30.3 Å². The van der Waals surface area contributed by atoms with E-state index in [0.717, 1.165) is 5.56 Å². The van der Waals surface area contributed by atoms with Crippen molar-refractivity contribution in [3.05, 3.63) is 58.1 Å². The van der Waals surface area contributed by atoms with E-state index in [4.69, 9.17) is 9.47 Å². The summed E-state index contributed by atoms with van der Waals surface area (Å²) in [5, 5.41) is 32.5. The van der Waals surface area contributed by atoms with Gasteiger partial charge in [-0.15, -0.1) is 0 Å². The molecule has 0 saturated heterocycles. The number of methoxy groups -OCH3 is 1. The second-order valence-electron chi connectivity index (χ2n) is 5.51. The molecule has 0 bridgehead atoms. The number of ether oxygens (including phenoxy) is 2. The van der Waals surface area contributed by atoms with E-state index in [1.165, 1.54) is 19.2 Å². The molecule has 0 saturated carbocycles. The predicted octanol–water partition coefficient (Wildman–Crippen LogP) is 2.48. The average molecular weight is 426 g/mol. The van der Waals surface area contributed by atoms with Gasteiger partial charge in [0.05, 0.1) is 11.6 Å². The first kappa shape index (κ1) is 20.0. The predicted molar refractivity (Wildman–Crippen MR) is 98.0 cm³/mol. The molecule has 0 aliphatic heterocycles. The van der Waals surface area contributed by atoms with E-state index in [2.05, 4.69) is 21.2 Å². The number of phenols is 1. The molecule has 8 heteroatoms. The number of carbonyl (C=O) groups excluding carboxylic acids is 1. The Hall–Kier alpha value is -2.29. The second kappa shape index (κ2) is 9.42. The zero-order valence-corrected chi connectivity index (χ0v) is 15.6. The third kappa shape index (κ3) is 5.35. The summed E-state index contributed by atoms with van der Waals surface area (Å²) in [4.78, 5) is 11.7. The molecule has 0 heterocycles. The van der Waals surface area contributed by atoms with Crippen LogP contribution in [0, 0.1) is 0 Å². The molecule has 2 aromatic rings. The number of benzene rings is 2. The first-order chi connectivity index (χ1) is 12.4. The molecule has 0 radical (unpaired) electrons. The van der Waals surface area contributed by atoms with Crippen LogP contribution in [0.2, 0.25) is 0 Å². The standard InChI is InChI=1S/C18H20BrNO6/c1-25-15-8-12(7-13(19)17(15)23)16(22)14(21)9-20-18(24)26-10-11-5-3-2-4-6-11/h2-8,14,16,21-23H,9-10H2,1H3,(H,20,24). The third-order valence-electron chi connectivity index (χ3n) is 3.64. The summed E-state index contributed by atoms with van der Waals surface area (Å²) >= 11 is 3.15. The van der Waals surface area contributed by atoms with Crippen LogP contribution < -0.4 is 10.1 Å². The number of halogens is 1. The molecule has 7 nitrogen and oxygen atoms in total. The van der Waals surface area contributed by atoms with Crippen molar-refractivity contribution in [3.63, 3.8) is 0 Å². The van der Waals surface area contributed by atoms with Crippen LogP contribution in [0.4, 0.5) is 4.79 Å². The molecule has 1 amide bonds. The van der Waals surface area contributed by atoms with Gasteiger partial charge in [-0.05, 0) is 39.2 Å². The molecule has 140 valence electrons. The minimum Gasteiger partial charge on any atom is -0.503 e. The monoisotopic (exact) mass is 425 g/mol. The number of amides is 1. The van der Waals surface area contributed by atoms with Crippen LogP contribution >= 0.6 is 15.9 Å². The number of hydrogen-bond donors (Lipinski definition) is 4. The van der Waals surface area contributed by atoms with Crippen LogP contribution in [0.15, 0.2) is 46.9 Å². The van der Waals surface area contributed by atoms with Gasteiger partial charge in [0.25, 0.3) is 0 Å². The Morgan fingerprint density at radius 3 is 2.58 bits per heavy atom. The van der Waals surface area contributed by atoms with E-state index in [9.17, 15) is 20.1 Å². The van der Waals surface area contributed by atoms with Gasteiger partial charge in [0.1, 0.15) is 18.8 Å². The average Bonchev–Trinajstić information content (AvgIpc) is 2.66. The zero-order chi connectivity index (χ0) is 19.1. The highest BCUT2D eigenvalue weighted by atomic mass is 79.9. The molecule has 2 unspecified atom stereocenters. The van der Waals surface area contributed by atoms with Gasteiger partial charge in [0, 0.05) is 6.54 Å². The summed E-state index contributed by atoms with van der Waals surface area (Å²) in [5.41, 5.74) is 1.16. The van der Waals surface area contributed by atoms with Gasteiger partial charge in [-0.3, -0.25) is 0 Å². The van der Waals surface area contributed by atoms with E-state index in [1.54, 1.807) is 0 Å². The molecular weight excluding hydrogens is 406 g/mol. The van der Waals surface area contributed by atoms with E-state index in [-0.39, 0.29) is 24.7 Å². The van der Waals surface area contributed by atoms with E-state index >= 15 is 0 Å². The van der Waals surface area contributed by atoms with Crippen LogP contribution in [0.1, 0.15) is 17.2 Å². The molecule has 2 atom stereocenters. The molecule has 26 heavy (non-hydrogen) atoms. The summed E-state index contributed by atoms with van der Waals surface area (Å²) in [6.07, 6.45) is -3.28. The quantitative estimate of drug-likeness (QED) is 0.542. The largest absolute Gasteiger partial charge is 0.503 e. The molecule has 4 N–H and O–H groups in total. The van der Waals surface area contributed by atoms with Gasteiger partial charge >= 0.3 is 6.09 Å². The van der Waals surface area contributed by atoms with Crippen molar-refractivity contribution in [1.82, 2.24) is 5.32 Å². The van der Waals surface area contributed by atoms with E-state index in [1.807, 2.05) is 30.3 Å². The molecule has 0 aromatic heterocycles. The van der Waals surface area contributed by atoms with Crippen molar-refractivity contribution in [1.29, 1.82) is 0 Å². The maximum absolute atomic E-state index is 11.7. The van der Waals surface area contributed by atoms with Crippen molar-refractivity contribution in [2.24, 2.45) is 0 Å². The summed E-state index contributed by atoms with van der Waals surface area (Å²) in [6, 6.07) is 12.0. The molecule has 2 rings (SSSR count). The molecule has 0 aliphatic carbocycles. The van der Waals surface area contributed by atoms with Gasteiger partial charge in [0.15, 0.2) is 11.5 Å². The third-order valence-corrected chi connectivity index (χ3v) is 4.25. The smallest absolute Gasteiger partial charge is 0.407 e. The Balaban J connectivity index is 1.88. The number of alkyl carbamates (subject to hydrolysis) is 1. The van der Waals surface area contributed by atoms with Crippen LogP contribution in [0.25, 0.3) is 0 Å². The van der Waals surface area contributed by atoms with Crippen molar-refractivity contribution < 1.29 is 29.6 Å². The second-order valence-corrected chi connectivity index (χ2v) is 6.36. The van der Waals surface area contributed by atoms with Gasteiger partial charge < -0.3 is 30.1 Å². The fourth-order valence-electron chi connectivity index (χ4n) is 2.22. The van der Waals surface area contributed by atoms with Crippen molar-refractivity contribution in [3.8, 4) is 11.5 Å². The summed E-state index contributed by atoms with van der Waals surface area (Å²) in [7, 11) is 1.37. The lowest BCUT2D eigenvalue weighted by Gasteiger charge is -2.20. The van der Waals surface area contributed by atoms with Crippen molar-refractivity contribution in [2.75, 3.05) is 13.7 Å². The molecule has 0 spiro atoms. The number of aromatic hydroxyl groups is 1. The fourth-order valence-corrected chi connectivity index (χ4v) is 2.68. The van der Waals surface area contributed by atoms with Crippen LogP contribution in [0.5, 0.6) is 11.5 Å². The molecule has 0 fully saturated rings. The lowest BCUT2D eigenvalue weighted by Crippen LogP contribution is -2.35. The number of carbonyl (C=O) groups is 1. The topological polar surface area (TPSA) is 108 Å². The maximum atomic E-state index is 11.7. The Kier molecular flexibility index (Phi) is 7.26. The lowest BCUT2D eigenvalue weighted by atomic mass is 10.0. The number of aliphatic hydroxyl groups is 2. The number of hydrogen-bond acceptors (Lipinski definition) is 6. The molecule has 0 aliphatic rings. The number of aliphatic hydroxyl groups excluding tert-OH is 2. The Bertz CT molecular complexity index is 740. The van der Waals surface area contributed by atoms with Crippen LogP contribution in [-0.2, 0) is 11.3 Å².